The Morgan fingerprint density at radius 1 is 1.22 bits per heavy atom. The lowest BCUT2D eigenvalue weighted by Gasteiger charge is -2.23. The number of carbonyl (C=O) groups is 1. The van der Waals surface area contributed by atoms with E-state index in [-0.39, 0.29) is 24.7 Å². The summed E-state index contributed by atoms with van der Waals surface area (Å²) in [5, 5.41) is 0. The number of nitrogens with one attached hydrogen (secondary N) is 1. The van der Waals surface area contributed by atoms with Gasteiger partial charge in [0, 0.05) is 13.1 Å². The molecular weight excluding hydrogens is 448 g/mol. The highest BCUT2D eigenvalue weighted by molar-refractivity contribution is 8.16. The molecule has 8 nitrogen and oxygen atoms in total. The third-order valence-electron chi connectivity index (χ3n) is 5.18. The Morgan fingerprint density at radius 3 is 2.53 bits per heavy atom. The minimum absolute atomic E-state index is 0.00534. The number of carbonyl (C=O) groups excluding carboxylic acids is 1. The van der Waals surface area contributed by atoms with Crippen molar-refractivity contribution in [1.82, 2.24) is 9.55 Å². The molecule has 0 unspecified atom stereocenters. The molecule has 32 heavy (non-hydrogen) atoms. The van der Waals surface area contributed by atoms with Gasteiger partial charge in [0.25, 0.3) is 11.5 Å². The number of hydrogen-bond acceptors (Lipinski definition) is 7. The standard InChI is InChI=1S/C22H30N4O4S2/c1-3-5-11-26-19(23)18(20(28)24-22(26)29)25(4-2)17(27)14-30-16-9-7-15(8-10-16)21-31-12-6-13-32-21/h7-10,21H,3-6,11-14,23H2,1-2H3,(H,24,28,29). The normalized spacial score (nSPS) is 14.3. The molecule has 10 heteroatoms. The molecule has 0 radical (unpaired) electrons. The van der Waals surface area contributed by atoms with Gasteiger partial charge in [-0.05, 0) is 49.0 Å². The number of H-pyrrole nitrogens is 1. The van der Waals surface area contributed by atoms with Crippen molar-refractivity contribution < 1.29 is 9.53 Å². The number of rotatable bonds is 9. The van der Waals surface area contributed by atoms with Crippen LogP contribution in [0.3, 0.4) is 0 Å². The number of benzene rings is 1. The fraction of sp³-hybridized carbons (Fsp3) is 0.500. The number of unbranched alkanes of at least 4 members (excludes halogenated alkanes) is 1. The average Bonchev–Trinajstić information content (AvgIpc) is 2.81. The molecular formula is C22H30N4O4S2. The SMILES string of the molecule is CCCCn1c(N)c(N(CC)C(=O)COc2ccc(C3SCCCS3)cc2)c(=O)[nH]c1=O. The Hall–Kier alpha value is -2.33. The van der Waals surface area contributed by atoms with Crippen LogP contribution in [0.25, 0.3) is 0 Å². The van der Waals surface area contributed by atoms with Crippen LogP contribution in [0.15, 0.2) is 33.9 Å². The fourth-order valence-corrected chi connectivity index (χ4v) is 6.35. The van der Waals surface area contributed by atoms with Crippen molar-refractivity contribution in [2.75, 3.05) is 35.3 Å². The summed E-state index contributed by atoms with van der Waals surface area (Å²) in [5.41, 5.74) is 6.11. The van der Waals surface area contributed by atoms with Crippen molar-refractivity contribution in [3.05, 3.63) is 50.7 Å². The topological polar surface area (TPSA) is 110 Å². The lowest BCUT2D eigenvalue weighted by Crippen LogP contribution is -2.42. The van der Waals surface area contributed by atoms with Crippen molar-refractivity contribution >= 4 is 40.9 Å². The van der Waals surface area contributed by atoms with E-state index in [2.05, 4.69) is 4.98 Å². The molecule has 1 aliphatic heterocycles. The van der Waals surface area contributed by atoms with Gasteiger partial charge in [-0.2, -0.15) is 0 Å². The Bertz CT molecular complexity index is 1030. The Morgan fingerprint density at radius 2 is 1.91 bits per heavy atom. The summed E-state index contributed by atoms with van der Waals surface area (Å²) in [5.74, 6) is 2.51. The van der Waals surface area contributed by atoms with Gasteiger partial charge in [0.15, 0.2) is 12.3 Å². The first-order valence-corrected chi connectivity index (χ1v) is 12.9. The van der Waals surface area contributed by atoms with Gasteiger partial charge in [0.1, 0.15) is 11.6 Å². The maximum atomic E-state index is 12.9. The van der Waals surface area contributed by atoms with Crippen LogP contribution in [-0.4, -0.2) is 40.1 Å². The number of aromatic nitrogens is 2. The molecule has 2 heterocycles. The second-order valence-electron chi connectivity index (χ2n) is 7.42. The zero-order chi connectivity index (χ0) is 23.1. The third kappa shape index (κ3) is 5.72. The van der Waals surface area contributed by atoms with Gasteiger partial charge in [0.2, 0.25) is 0 Å². The van der Waals surface area contributed by atoms with E-state index in [0.29, 0.717) is 16.9 Å². The molecule has 1 aliphatic rings. The first-order chi connectivity index (χ1) is 15.5. The lowest BCUT2D eigenvalue weighted by molar-refractivity contribution is -0.120. The van der Waals surface area contributed by atoms with Gasteiger partial charge in [-0.3, -0.25) is 19.1 Å². The molecule has 0 spiro atoms. The lowest BCUT2D eigenvalue weighted by atomic mass is 10.2. The largest absolute Gasteiger partial charge is 0.484 e. The first-order valence-electron chi connectivity index (χ1n) is 10.8. The van der Waals surface area contributed by atoms with Gasteiger partial charge in [-0.15, -0.1) is 23.5 Å². The maximum Gasteiger partial charge on any atom is 0.330 e. The van der Waals surface area contributed by atoms with Gasteiger partial charge in [-0.1, -0.05) is 25.5 Å². The minimum Gasteiger partial charge on any atom is -0.484 e. The molecule has 1 aromatic heterocycles. The van der Waals surface area contributed by atoms with E-state index < -0.39 is 17.2 Å². The Balaban J connectivity index is 1.71. The van der Waals surface area contributed by atoms with Crippen LogP contribution in [0.1, 0.15) is 43.3 Å². The van der Waals surface area contributed by atoms with Crippen LogP contribution in [0.4, 0.5) is 11.5 Å². The quantitative estimate of drug-likeness (QED) is 0.569. The number of aromatic amines is 1. The van der Waals surface area contributed by atoms with Crippen molar-refractivity contribution in [2.24, 2.45) is 0 Å². The van der Waals surface area contributed by atoms with E-state index in [9.17, 15) is 14.4 Å². The molecule has 0 saturated carbocycles. The third-order valence-corrected chi connectivity index (χ3v) is 8.19. The number of anilines is 2. The van der Waals surface area contributed by atoms with Crippen molar-refractivity contribution in [3.63, 3.8) is 0 Å². The van der Waals surface area contributed by atoms with Crippen LogP contribution in [-0.2, 0) is 11.3 Å². The van der Waals surface area contributed by atoms with E-state index in [4.69, 9.17) is 10.5 Å². The second-order valence-corrected chi connectivity index (χ2v) is 10.1. The van der Waals surface area contributed by atoms with E-state index in [0.717, 1.165) is 12.8 Å². The van der Waals surface area contributed by atoms with Gasteiger partial charge < -0.3 is 15.4 Å². The number of ether oxygens (including phenoxy) is 1. The van der Waals surface area contributed by atoms with Crippen LogP contribution in [0, 0.1) is 0 Å². The molecule has 1 fully saturated rings. The minimum atomic E-state index is -0.678. The zero-order valence-electron chi connectivity index (χ0n) is 18.5. The summed E-state index contributed by atoms with van der Waals surface area (Å²) in [4.78, 5) is 41.0. The summed E-state index contributed by atoms with van der Waals surface area (Å²) in [6.07, 6.45) is 2.83. The predicted octanol–water partition coefficient (Wildman–Crippen LogP) is 3.22. The predicted molar refractivity (Wildman–Crippen MR) is 133 cm³/mol. The first kappa shape index (κ1) is 24.3. The number of nitrogens with zero attached hydrogens (tertiary/aromatic N) is 2. The molecule has 1 aromatic carbocycles. The zero-order valence-corrected chi connectivity index (χ0v) is 20.1. The van der Waals surface area contributed by atoms with Gasteiger partial charge in [0.05, 0.1) is 4.58 Å². The smallest absolute Gasteiger partial charge is 0.330 e. The van der Waals surface area contributed by atoms with Crippen LogP contribution < -0.4 is 26.6 Å². The highest BCUT2D eigenvalue weighted by Gasteiger charge is 2.23. The van der Waals surface area contributed by atoms with Gasteiger partial charge >= 0.3 is 5.69 Å². The maximum absolute atomic E-state index is 12.9. The highest BCUT2D eigenvalue weighted by atomic mass is 32.2. The highest BCUT2D eigenvalue weighted by Crippen LogP contribution is 2.43. The number of thioether (sulfide) groups is 2. The van der Waals surface area contributed by atoms with Crippen molar-refractivity contribution in [2.45, 2.75) is 44.2 Å². The molecule has 3 rings (SSSR count). The van der Waals surface area contributed by atoms with E-state index in [1.165, 1.54) is 33.0 Å². The molecule has 1 amide bonds. The number of likely N-dealkylation sites (N-methyl/N-ethyl adjacent to an activating group) is 1. The van der Waals surface area contributed by atoms with Crippen LogP contribution >= 0.6 is 23.5 Å². The van der Waals surface area contributed by atoms with Crippen molar-refractivity contribution in [3.8, 4) is 5.75 Å². The fourth-order valence-electron chi connectivity index (χ4n) is 3.46. The monoisotopic (exact) mass is 478 g/mol. The van der Waals surface area contributed by atoms with E-state index in [1.807, 2.05) is 54.7 Å². The molecule has 1 saturated heterocycles. The Labute approximate surface area is 195 Å². The molecule has 0 aliphatic carbocycles. The van der Waals surface area contributed by atoms with E-state index >= 15 is 0 Å². The number of amides is 1. The summed E-state index contributed by atoms with van der Waals surface area (Å²) < 4.78 is 7.43. The molecule has 174 valence electrons. The summed E-state index contributed by atoms with van der Waals surface area (Å²) in [6.45, 7) is 4.08. The summed E-state index contributed by atoms with van der Waals surface area (Å²) >= 11 is 3.89. The van der Waals surface area contributed by atoms with Crippen LogP contribution in [0.2, 0.25) is 0 Å². The second kappa shape index (κ2) is 11.5. The summed E-state index contributed by atoms with van der Waals surface area (Å²) in [6, 6.07) is 7.78. The number of nitrogen functional groups attached to an aromatic ring is 1. The molecule has 0 bridgehead atoms. The molecule has 0 atom stereocenters. The average molecular weight is 479 g/mol. The summed E-state index contributed by atoms with van der Waals surface area (Å²) in [7, 11) is 0. The molecule has 3 N–H and O–H groups in total. The Kier molecular flexibility index (Phi) is 8.75. The van der Waals surface area contributed by atoms with Gasteiger partial charge in [-0.25, -0.2) is 4.79 Å². The number of nitrogens with two attached hydrogens (primary N) is 1. The molecule has 2 aromatic rings. The number of hydrogen-bond donors (Lipinski definition) is 2. The van der Waals surface area contributed by atoms with Crippen LogP contribution in [0.5, 0.6) is 5.75 Å². The van der Waals surface area contributed by atoms with Crippen molar-refractivity contribution in [1.29, 1.82) is 0 Å². The van der Waals surface area contributed by atoms with E-state index in [1.54, 1.807) is 6.92 Å².